The maximum atomic E-state index is 13.3. The van der Waals surface area contributed by atoms with Crippen LogP contribution in [0.15, 0.2) is 60.0 Å². The molecule has 1 N–H and O–H groups in total. The zero-order valence-electron chi connectivity index (χ0n) is 10.9. The third-order valence-electron chi connectivity index (χ3n) is 3.22. The van der Waals surface area contributed by atoms with E-state index in [0.717, 1.165) is 10.1 Å². The summed E-state index contributed by atoms with van der Waals surface area (Å²) < 4.78 is 40.9. The minimum Gasteiger partial charge on any atom is -0.370 e. The Balaban J connectivity index is 1.94. The third kappa shape index (κ3) is 3.03. The fourth-order valence-corrected chi connectivity index (χ4v) is 2.99. The van der Waals surface area contributed by atoms with Gasteiger partial charge in [0.25, 0.3) is 0 Å². The fraction of sp³-hybridized carbons (Fsp3) is 0.125. The van der Waals surface area contributed by atoms with Gasteiger partial charge in [-0.2, -0.15) is 13.2 Å². The van der Waals surface area contributed by atoms with Crippen molar-refractivity contribution in [1.29, 1.82) is 0 Å². The van der Waals surface area contributed by atoms with E-state index in [1.54, 1.807) is 41.7 Å². The second-order valence-corrected chi connectivity index (χ2v) is 5.65. The Morgan fingerprint density at radius 2 is 1.71 bits per heavy atom. The molecular formula is C16H12F3NS. The molecule has 0 saturated carbocycles. The van der Waals surface area contributed by atoms with Crippen molar-refractivity contribution in [1.82, 2.24) is 0 Å². The molecule has 0 spiro atoms. The molecule has 1 nitrogen and oxygen atoms in total. The summed E-state index contributed by atoms with van der Waals surface area (Å²) in [4.78, 5) is 0. The van der Waals surface area contributed by atoms with Crippen molar-refractivity contribution in [3.05, 3.63) is 65.5 Å². The van der Waals surface area contributed by atoms with Crippen LogP contribution in [0.2, 0.25) is 0 Å². The number of halogens is 3. The van der Waals surface area contributed by atoms with Gasteiger partial charge in [0.05, 0.1) is 0 Å². The van der Waals surface area contributed by atoms with Crippen molar-refractivity contribution in [3.63, 3.8) is 0 Å². The lowest BCUT2D eigenvalue weighted by atomic mass is 10.1. The summed E-state index contributed by atoms with van der Waals surface area (Å²) in [5.74, 6) is 0. The Morgan fingerprint density at radius 3 is 2.43 bits per heavy atom. The lowest BCUT2D eigenvalue weighted by Crippen LogP contribution is -2.27. The van der Waals surface area contributed by atoms with Crippen LogP contribution in [0.25, 0.3) is 10.1 Å². The highest BCUT2D eigenvalue weighted by atomic mass is 32.1. The molecule has 0 aliphatic carbocycles. The van der Waals surface area contributed by atoms with Crippen LogP contribution in [0.3, 0.4) is 0 Å². The quantitative estimate of drug-likeness (QED) is 0.662. The molecule has 1 aromatic heterocycles. The Bertz CT molecular complexity index is 734. The third-order valence-corrected chi connectivity index (χ3v) is 4.12. The zero-order valence-corrected chi connectivity index (χ0v) is 11.7. The molecule has 2 aromatic carbocycles. The summed E-state index contributed by atoms with van der Waals surface area (Å²) in [6.07, 6.45) is -4.36. The molecule has 21 heavy (non-hydrogen) atoms. The van der Waals surface area contributed by atoms with Gasteiger partial charge in [-0.25, -0.2) is 0 Å². The minimum atomic E-state index is -4.36. The molecule has 108 valence electrons. The first-order chi connectivity index (χ1) is 10.0. The van der Waals surface area contributed by atoms with Gasteiger partial charge in [0.1, 0.15) is 6.04 Å². The molecule has 0 fully saturated rings. The maximum Gasteiger partial charge on any atom is 0.412 e. The van der Waals surface area contributed by atoms with E-state index >= 15 is 0 Å². The van der Waals surface area contributed by atoms with Crippen molar-refractivity contribution in [2.24, 2.45) is 0 Å². The number of nitrogens with one attached hydrogen (secondary N) is 1. The van der Waals surface area contributed by atoms with Gasteiger partial charge >= 0.3 is 6.18 Å². The van der Waals surface area contributed by atoms with Gasteiger partial charge < -0.3 is 5.32 Å². The van der Waals surface area contributed by atoms with Crippen LogP contribution >= 0.6 is 11.3 Å². The van der Waals surface area contributed by atoms with Crippen LogP contribution in [0.4, 0.5) is 18.9 Å². The van der Waals surface area contributed by atoms with Crippen LogP contribution in [0.1, 0.15) is 11.6 Å². The Hall–Kier alpha value is -2.01. The van der Waals surface area contributed by atoms with E-state index in [4.69, 9.17) is 0 Å². The lowest BCUT2D eigenvalue weighted by molar-refractivity contribution is -0.144. The fourth-order valence-electron chi connectivity index (χ4n) is 2.22. The van der Waals surface area contributed by atoms with Gasteiger partial charge in [0.2, 0.25) is 0 Å². The molecular weight excluding hydrogens is 295 g/mol. The molecule has 0 saturated heterocycles. The first-order valence-corrected chi connectivity index (χ1v) is 7.27. The van der Waals surface area contributed by atoms with Gasteiger partial charge in [-0.1, -0.05) is 30.3 Å². The summed E-state index contributed by atoms with van der Waals surface area (Å²) in [6, 6.07) is 13.3. The average Bonchev–Trinajstić information content (AvgIpc) is 2.92. The predicted molar refractivity (Wildman–Crippen MR) is 80.7 cm³/mol. The Kier molecular flexibility index (Phi) is 3.59. The molecule has 0 aliphatic heterocycles. The number of hydrogen-bond acceptors (Lipinski definition) is 2. The Labute approximate surface area is 124 Å². The summed E-state index contributed by atoms with van der Waals surface area (Å²) in [5, 5.41) is 5.46. The van der Waals surface area contributed by atoms with Crippen LogP contribution in [-0.4, -0.2) is 6.18 Å². The summed E-state index contributed by atoms with van der Waals surface area (Å²) in [6.45, 7) is 0. The number of alkyl halides is 3. The smallest absolute Gasteiger partial charge is 0.370 e. The highest BCUT2D eigenvalue weighted by molar-refractivity contribution is 7.17. The molecule has 1 unspecified atom stereocenters. The van der Waals surface area contributed by atoms with Gasteiger partial charge in [0.15, 0.2) is 0 Å². The van der Waals surface area contributed by atoms with Crippen molar-refractivity contribution in [2.45, 2.75) is 12.2 Å². The van der Waals surface area contributed by atoms with Gasteiger partial charge in [-0.15, -0.1) is 11.3 Å². The maximum absolute atomic E-state index is 13.3. The van der Waals surface area contributed by atoms with Crippen LogP contribution < -0.4 is 5.32 Å². The molecule has 0 amide bonds. The van der Waals surface area contributed by atoms with Gasteiger partial charge in [0, 0.05) is 10.4 Å². The molecule has 0 radical (unpaired) electrons. The molecule has 3 aromatic rings. The van der Waals surface area contributed by atoms with E-state index in [0.29, 0.717) is 5.69 Å². The van der Waals surface area contributed by atoms with Crippen LogP contribution in [-0.2, 0) is 0 Å². The number of fused-ring (bicyclic) bond motifs is 1. The Morgan fingerprint density at radius 1 is 0.952 bits per heavy atom. The first kappa shape index (κ1) is 13.9. The zero-order chi connectivity index (χ0) is 14.9. The molecule has 1 heterocycles. The van der Waals surface area contributed by atoms with Crippen molar-refractivity contribution >= 4 is 27.1 Å². The molecule has 5 heteroatoms. The SMILES string of the molecule is FC(F)(F)C(Nc1ccc2sccc2c1)c1ccccc1. The highest BCUT2D eigenvalue weighted by Crippen LogP contribution is 2.36. The summed E-state index contributed by atoms with van der Waals surface area (Å²) in [7, 11) is 0. The second-order valence-electron chi connectivity index (χ2n) is 4.70. The van der Waals surface area contributed by atoms with Crippen LogP contribution in [0, 0.1) is 0 Å². The van der Waals surface area contributed by atoms with E-state index in [2.05, 4.69) is 5.32 Å². The molecule has 0 bridgehead atoms. The van der Waals surface area contributed by atoms with Gasteiger partial charge in [-0.3, -0.25) is 0 Å². The average molecular weight is 307 g/mol. The topological polar surface area (TPSA) is 12.0 Å². The first-order valence-electron chi connectivity index (χ1n) is 6.39. The van der Waals surface area contributed by atoms with Crippen molar-refractivity contribution in [2.75, 3.05) is 5.32 Å². The number of rotatable bonds is 3. The van der Waals surface area contributed by atoms with Crippen LogP contribution in [0.5, 0.6) is 0 Å². The molecule has 1 atom stereocenters. The van der Waals surface area contributed by atoms with Crippen molar-refractivity contribution < 1.29 is 13.2 Å². The van der Waals surface area contributed by atoms with E-state index in [9.17, 15) is 13.2 Å². The van der Waals surface area contributed by atoms with E-state index in [1.165, 1.54) is 12.1 Å². The molecule has 3 rings (SSSR count). The van der Waals surface area contributed by atoms with Crippen molar-refractivity contribution in [3.8, 4) is 0 Å². The summed E-state index contributed by atoms with van der Waals surface area (Å²) >= 11 is 1.57. The number of thiophene rings is 1. The minimum absolute atomic E-state index is 0.204. The monoisotopic (exact) mass is 307 g/mol. The van der Waals surface area contributed by atoms with E-state index < -0.39 is 12.2 Å². The summed E-state index contributed by atoms with van der Waals surface area (Å²) in [5.41, 5.74) is 0.669. The van der Waals surface area contributed by atoms with E-state index in [-0.39, 0.29) is 5.56 Å². The highest BCUT2D eigenvalue weighted by Gasteiger charge is 2.40. The molecule has 0 aliphatic rings. The van der Waals surface area contributed by atoms with E-state index in [1.807, 2.05) is 17.5 Å². The lowest BCUT2D eigenvalue weighted by Gasteiger charge is -2.23. The standard InChI is InChI=1S/C16H12F3NS/c17-16(18,19)15(11-4-2-1-3-5-11)20-13-6-7-14-12(10-13)8-9-21-14/h1-10,15,20H. The normalized spacial score (nSPS) is 13.3. The van der Waals surface area contributed by atoms with Gasteiger partial charge in [-0.05, 0) is 40.6 Å². The number of anilines is 1. The number of hydrogen-bond donors (Lipinski definition) is 1. The second kappa shape index (κ2) is 5.41. The largest absolute Gasteiger partial charge is 0.412 e. The number of benzene rings is 2. The predicted octanol–water partition coefficient (Wildman–Crippen LogP) is 5.62.